The Labute approximate surface area is 134 Å². The Balaban J connectivity index is 1.85. The van der Waals surface area contributed by atoms with Crippen molar-refractivity contribution in [2.75, 3.05) is 20.8 Å². The Kier molecular flexibility index (Phi) is 4.02. The largest absolute Gasteiger partial charge is 0.493 e. The average molecular weight is 311 g/mol. The average Bonchev–Trinajstić information content (AvgIpc) is 2.83. The highest BCUT2D eigenvalue weighted by Crippen LogP contribution is 2.34. The minimum atomic E-state index is -0.290. The van der Waals surface area contributed by atoms with E-state index >= 15 is 0 Å². The van der Waals surface area contributed by atoms with Crippen LogP contribution in [0.15, 0.2) is 42.5 Å². The van der Waals surface area contributed by atoms with E-state index in [0.717, 1.165) is 5.56 Å². The van der Waals surface area contributed by atoms with Gasteiger partial charge < -0.3 is 9.47 Å². The zero-order valence-electron chi connectivity index (χ0n) is 13.0. The van der Waals surface area contributed by atoms with Gasteiger partial charge in [0, 0.05) is 6.54 Å². The van der Waals surface area contributed by atoms with Crippen LogP contribution in [0.25, 0.3) is 0 Å². The number of carbonyl (C=O) groups is 2. The molecule has 2 aromatic carbocycles. The van der Waals surface area contributed by atoms with Gasteiger partial charge in [-0.15, -0.1) is 0 Å². The van der Waals surface area contributed by atoms with Crippen molar-refractivity contribution in [1.29, 1.82) is 0 Å². The summed E-state index contributed by atoms with van der Waals surface area (Å²) in [6, 6.07) is 12.9. The second-order valence-electron chi connectivity index (χ2n) is 5.25. The van der Waals surface area contributed by atoms with Gasteiger partial charge in [0.25, 0.3) is 11.8 Å². The van der Waals surface area contributed by atoms with Gasteiger partial charge >= 0.3 is 0 Å². The summed E-state index contributed by atoms with van der Waals surface area (Å²) in [6.45, 7) is 0.348. The van der Waals surface area contributed by atoms with Gasteiger partial charge in [-0.1, -0.05) is 30.3 Å². The molecular weight excluding hydrogens is 294 g/mol. The lowest BCUT2D eigenvalue weighted by Gasteiger charge is -2.13. The molecule has 0 saturated heterocycles. The molecule has 0 bridgehead atoms. The van der Waals surface area contributed by atoms with E-state index in [-0.39, 0.29) is 11.8 Å². The van der Waals surface area contributed by atoms with Gasteiger partial charge in [-0.2, -0.15) is 0 Å². The molecule has 2 aromatic rings. The molecule has 3 rings (SSSR count). The molecule has 5 heteroatoms. The van der Waals surface area contributed by atoms with Gasteiger partial charge in [-0.25, -0.2) is 0 Å². The summed E-state index contributed by atoms with van der Waals surface area (Å²) in [7, 11) is 3.00. The molecule has 0 spiro atoms. The topological polar surface area (TPSA) is 55.8 Å². The number of fused-ring (bicyclic) bond motifs is 1. The molecule has 1 aliphatic rings. The maximum Gasteiger partial charge on any atom is 0.261 e. The van der Waals surface area contributed by atoms with E-state index in [9.17, 15) is 9.59 Å². The van der Waals surface area contributed by atoms with Crippen LogP contribution in [-0.2, 0) is 6.42 Å². The maximum absolute atomic E-state index is 12.5. The van der Waals surface area contributed by atoms with Crippen LogP contribution in [0.5, 0.6) is 11.5 Å². The van der Waals surface area contributed by atoms with Crippen LogP contribution in [-0.4, -0.2) is 37.5 Å². The Morgan fingerprint density at radius 3 is 1.87 bits per heavy atom. The summed E-state index contributed by atoms with van der Waals surface area (Å²) in [6.07, 6.45) is 0.626. The molecular formula is C18H17NO4. The molecule has 0 fully saturated rings. The summed E-state index contributed by atoms with van der Waals surface area (Å²) < 4.78 is 10.4. The van der Waals surface area contributed by atoms with Crippen molar-refractivity contribution in [2.24, 2.45) is 0 Å². The predicted octanol–water partition coefficient (Wildman–Crippen LogP) is 2.54. The minimum absolute atomic E-state index is 0.290. The van der Waals surface area contributed by atoms with E-state index in [4.69, 9.17) is 9.47 Å². The van der Waals surface area contributed by atoms with Crippen LogP contribution in [0.4, 0.5) is 0 Å². The first kappa shape index (κ1) is 15.1. The van der Waals surface area contributed by atoms with Crippen molar-refractivity contribution in [3.8, 4) is 11.5 Å². The van der Waals surface area contributed by atoms with Crippen LogP contribution >= 0.6 is 0 Å². The highest BCUT2D eigenvalue weighted by atomic mass is 16.5. The third-order valence-corrected chi connectivity index (χ3v) is 3.94. The Morgan fingerprint density at radius 2 is 1.39 bits per heavy atom. The number of hydrogen-bond donors (Lipinski definition) is 0. The number of hydrogen-bond acceptors (Lipinski definition) is 4. The smallest absolute Gasteiger partial charge is 0.261 e. The van der Waals surface area contributed by atoms with E-state index in [1.807, 2.05) is 30.3 Å². The molecule has 1 aliphatic heterocycles. The van der Waals surface area contributed by atoms with E-state index in [0.29, 0.717) is 35.6 Å². The third-order valence-electron chi connectivity index (χ3n) is 3.94. The fourth-order valence-corrected chi connectivity index (χ4v) is 2.70. The highest BCUT2D eigenvalue weighted by Gasteiger charge is 2.36. The Hall–Kier alpha value is -2.82. The van der Waals surface area contributed by atoms with Gasteiger partial charge in [0.05, 0.1) is 25.3 Å². The number of imide groups is 1. The van der Waals surface area contributed by atoms with Crippen LogP contribution in [0, 0.1) is 0 Å². The van der Waals surface area contributed by atoms with Crippen LogP contribution in [0.2, 0.25) is 0 Å². The molecule has 0 unspecified atom stereocenters. The normalized spacial score (nSPS) is 13.2. The van der Waals surface area contributed by atoms with Crippen molar-refractivity contribution >= 4 is 11.8 Å². The SMILES string of the molecule is COc1cc2c(cc1OC)C(=O)N(CCc1ccccc1)C2=O. The van der Waals surface area contributed by atoms with E-state index in [2.05, 4.69) is 0 Å². The minimum Gasteiger partial charge on any atom is -0.493 e. The number of rotatable bonds is 5. The van der Waals surface area contributed by atoms with Crippen LogP contribution < -0.4 is 9.47 Å². The Bertz CT molecular complexity index is 712. The van der Waals surface area contributed by atoms with Crippen molar-refractivity contribution in [1.82, 2.24) is 4.90 Å². The van der Waals surface area contributed by atoms with Crippen molar-refractivity contribution in [3.05, 3.63) is 59.2 Å². The van der Waals surface area contributed by atoms with Crippen molar-refractivity contribution in [2.45, 2.75) is 6.42 Å². The zero-order chi connectivity index (χ0) is 16.4. The molecule has 5 nitrogen and oxygen atoms in total. The number of methoxy groups -OCH3 is 2. The summed E-state index contributed by atoms with van der Waals surface area (Å²) >= 11 is 0. The lowest BCUT2D eigenvalue weighted by Crippen LogP contribution is -2.31. The monoisotopic (exact) mass is 311 g/mol. The molecule has 23 heavy (non-hydrogen) atoms. The van der Waals surface area contributed by atoms with Crippen molar-refractivity contribution < 1.29 is 19.1 Å². The van der Waals surface area contributed by atoms with E-state index in [1.54, 1.807) is 12.1 Å². The number of amides is 2. The van der Waals surface area contributed by atoms with Crippen LogP contribution in [0.3, 0.4) is 0 Å². The number of ether oxygens (including phenoxy) is 2. The molecule has 0 aromatic heterocycles. The number of nitrogens with zero attached hydrogens (tertiary/aromatic N) is 1. The zero-order valence-corrected chi connectivity index (χ0v) is 13.0. The number of benzene rings is 2. The van der Waals surface area contributed by atoms with E-state index < -0.39 is 0 Å². The fraction of sp³-hybridized carbons (Fsp3) is 0.222. The van der Waals surface area contributed by atoms with Crippen LogP contribution in [0.1, 0.15) is 26.3 Å². The van der Waals surface area contributed by atoms with Crippen molar-refractivity contribution in [3.63, 3.8) is 0 Å². The first-order valence-corrected chi connectivity index (χ1v) is 7.32. The Morgan fingerprint density at radius 1 is 0.870 bits per heavy atom. The molecule has 118 valence electrons. The first-order chi connectivity index (χ1) is 11.2. The maximum atomic E-state index is 12.5. The molecule has 0 radical (unpaired) electrons. The first-order valence-electron chi connectivity index (χ1n) is 7.32. The lowest BCUT2D eigenvalue weighted by molar-refractivity contribution is 0.0656. The van der Waals surface area contributed by atoms with Gasteiger partial charge in [-0.05, 0) is 24.1 Å². The molecule has 2 amide bonds. The fourth-order valence-electron chi connectivity index (χ4n) is 2.70. The van der Waals surface area contributed by atoms with Gasteiger partial charge in [0.2, 0.25) is 0 Å². The third kappa shape index (κ3) is 2.65. The van der Waals surface area contributed by atoms with Gasteiger partial charge in [0.1, 0.15) is 0 Å². The lowest BCUT2D eigenvalue weighted by atomic mass is 10.1. The summed E-state index contributed by atoms with van der Waals surface area (Å²) in [5.41, 5.74) is 1.81. The molecule has 0 saturated carbocycles. The second-order valence-corrected chi connectivity index (χ2v) is 5.25. The summed E-state index contributed by atoms with van der Waals surface area (Å²) in [4.78, 5) is 26.3. The summed E-state index contributed by atoms with van der Waals surface area (Å²) in [5.74, 6) is 0.304. The predicted molar refractivity (Wildman–Crippen MR) is 85.1 cm³/mol. The van der Waals surface area contributed by atoms with Gasteiger partial charge in [0.15, 0.2) is 11.5 Å². The molecule has 0 aliphatic carbocycles. The second kappa shape index (κ2) is 6.12. The molecule has 0 N–H and O–H groups in total. The standard InChI is InChI=1S/C18H17NO4/c1-22-15-10-13-14(11-16(15)23-2)18(21)19(17(13)20)9-8-12-6-4-3-5-7-12/h3-7,10-11H,8-9H2,1-2H3. The quantitative estimate of drug-likeness (QED) is 0.796. The highest BCUT2D eigenvalue weighted by molar-refractivity contribution is 6.21. The molecule has 0 atom stereocenters. The summed E-state index contributed by atoms with van der Waals surface area (Å²) in [5, 5.41) is 0. The van der Waals surface area contributed by atoms with E-state index in [1.165, 1.54) is 19.1 Å². The molecule has 1 heterocycles. The number of carbonyl (C=O) groups excluding carboxylic acids is 2. The van der Waals surface area contributed by atoms with Gasteiger partial charge in [-0.3, -0.25) is 14.5 Å².